The number of carbonyl (C=O) groups excluding carboxylic acids is 2. The first-order valence-corrected chi connectivity index (χ1v) is 12.6. The lowest BCUT2D eigenvalue weighted by atomic mass is 9.80. The maximum Gasteiger partial charge on any atom is 0.336 e. The van der Waals surface area contributed by atoms with Gasteiger partial charge in [0.1, 0.15) is 0 Å². The largest absolute Gasteiger partial charge is 0.466 e. The summed E-state index contributed by atoms with van der Waals surface area (Å²) in [6, 6.07) is 6.15. The van der Waals surface area contributed by atoms with Crippen molar-refractivity contribution in [2.75, 3.05) is 26.1 Å². The normalized spacial score (nSPS) is 15.5. The van der Waals surface area contributed by atoms with Crippen molar-refractivity contribution in [1.82, 2.24) is 14.9 Å². The van der Waals surface area contributed by atoms with Crippen LogP contribution in [0, 0.1) is 0 Å². The van der Waals surface area contributed by atoms with Crippen LogP contribution in [0.25, 0.3) is 0 Å². The van der Waals surface area contributed by atoms with Crippen molar-refractivity contribution in [1.29, 1.82) is 0 Å². The summed E-state index contributed by atoms with van der Waals surface area (Å²) in [4.78, 5) is 42.8. The molecule has 0 amide bonds. The zero-order valence-electron chi connectivity index (χ0n) is 21.8. The van der Waals surface area contributed by atoms with Gasteiger partial charge in [-0.25, -0.2) is 14.6 Å². The van der Waals surface area contributed by atoms with Crippen LogP contribution >= 0.6 is 23.2 Å². The SMILES string of the molecule is CCOC(=O)C1=C(COCc2cc(=O)n(C(C)C)c(N)n2)NC(C)=C(C(=O)OC)C1c1cccc(Cl)c1Cl. The van der Waals surface area contributed by atoms with Crippen molar-refractivity contribution >= 4 is 41.1 Å². The smallest absolute Gasteiger partial charge is 0.336 e. The summed E-state index contributed by atoms with van der Waals surface area (Å²) in [5.41, 5.74) is 7.48. The lowest BCUT2D eigenvalue weighted by molar-refractivity contribution is -0.139. The number of methoxy groups -OCH3 is 1. The number of rotatable bonds is 9. The lowest BCUT2D eigenvalue weighted by Gasteiger charge is -2.31. The molecule has 1 aliphatic heterocycles. The van der Waals surface area contributed by atoms with Crippen LogP contribution in [0.5, 0.6) is 0 Å². The standard InChI is InChI=1S/C26H30Cl2N4O6/c1-6-38-25(35)22-18(12-37-11-15-10-19(33)32(13(2)3)26(29)31-15)30-14(4)20(24(34)36-5)21(22)16-8-7-9-17(27)23(16)28/h7-10,13,21,30H,6,11-12H2,1-5H3,(H2,29,31). The number of carbonyl (C=O) groups is 2. The van der Waals surface area contributed by atoms with Crippen molar-refractivity contribution in [3.8, 4) is 0 Å². The second-order valence-electron chi connectivity index (χ2n) is 8.74. The van der Waals surface area contributed by atoms with Gasteiger partial charge in [-0.2, -0.15) is 0 Å². The molecule has 3 N–H and O–H groups in total. The maximum atomic E-state index is 13.3. The van der Waals surface area contributed by atoms with Crippen molar-refractivity contribution < 1.29 is 23.8 Å². The van der Waals surface area contributed by atoms with Crippen LogP contribution in [-0.4, -0.2) is 41.8 Å². The molecular formula is C26H30Cl2N4O6. The summed E-state index contributed by atoms with van der Waals surface area (Å²) in [7, 11) is 1.25. The number of nitrogen functional groups attached to an aromatic ring is 1. The Labute approximate surface area is 230 Å². The van der Waals surface area contributed by atoms with Crippen molar-refractivity contribution in [3.63, 3.8) is 0 Å². The van der Waals surface area contributed by atoms with E-state index in [1.807, 2.05) is 13.8 Å². The number of benzene rings is 1. The average Bonchev–Trinajstić information content (AvgIpc) is 2.84. The molecule has 3 rings (SSSR count). The third kappa shape index (κ3) is 6.03. The van der Waals surface area contributed by atoms with Gasteiger partial charge < -0.3 is 25.3 Å². The molecule has 1 unspecified atom stereocenters. The molecule has 2 heterocycles. The van der Waals surface area contributed by atoms with Crippen LogP contribution in [0.15, 0.2) is 51.6 Å². The van der Waals surface area contributed by atoms with Gasteiger partial charge in [0, 0.05) is 17.8 Å². The Hall–Kier alpha value is -3.34. The highest BCUT2D eigenvalue weighted by molar-refractivity contribution is 6.42. The number of nitrogens with zero attached hydrogens (tertiary/aromatic N) is 2. The number of halogens is 2. The van der Waals surface area contributed by atoms with Gasteiger partial charge in [0.2, 0.25) is 5.95 Å². The highest BCUT2D eigenvalue weighted by Crippen LogP contribution is 2.43. The fraction of sp³-hybridized carbons (Fsp3) is 0.385. The summed E-state index contributed by atoms with van der Waals surface area (Å²) in [6.45, 7) is 6.93. The Morgan fingerprint density at radius 3 is 2.50 bits per heavy atom. The molecular weight excluding hydrogens is 535 g/mol. The number of dihydropyridines is 1. The predicted molar refractivity (Wildman–Crippen MR) is 144 cm³/mol. The molecule has 1 aliphatic rings. The van der Waals surface area contributed by atoms with Gasteiger partial charge in [0.15, 0.2) is 0 Å². The minimum absolute atomic E-state index is 0.0606. The second kappa shape index (κ2) is 12.5. The lowest BCUT2D eigenvalue weighted by Crippen LogP contribution is -2.35. The predicted octanol–water partition coefficient (Wildman–Crippen LogP) is 3.88. The minimum Gasteiger partial charge on any atom is -0.466 e. The first kappa shape index (κ1) is 29.2. The maximum absolute atomic E-state index is 13.3. The Bertz CT molecular complexity index is 1370. The van der Waals surface area contributed by atoms with E-state index in [-0.39, 0.29) is 58.6 Å². The highest BCUT2D eigenvalue weighted by atomic mass is 35.5. The van der Waals surface area contributed by atoms with E-state index in [4.69, 9.17) is 43.1 Å². The molecule has 0 fully saturated rings. The van der Waals surface area contributed by atoms with Crippen LogP contribution in [0.4, 0.5) is 5.95 Å². The molecule has 0 bridgehead atoms. The van der Waals surface area contributed by atoms with Gasteiger partial charge in [-0.15, -0.1) is 0 Å². The zero-order chi connectivity index (χ0) is 28.1. The molecule has 0 spiro atoms. The Kier molecular flexibility index (Phi) is 9.59. The zero-order valence-corrected chi connectivity index (χ0v) is 23.3. The van der Waals surface area contributed by atoms with Crippen molar-refractivity contribution in [2.24, 2.45) is 0 Å². The molecule has 204 valence electrons. The number of nitrogens with one attached hydrogen (secondary N) is 1. The van der Waals surface area contributed by atoms with Crippen LogP contribution < -0.4 is 16.6 Å². The number of ether oxygens (including phenoxy) is 3. The number of hydrogen-bond acceptors (Lipinski definition) is 9. The number of allylic oxidation sites excluding steroid dienone is 1. The van der Waals surface area contributed by atoms with E-state index < -0.39 is 17.9 Å². The third-order valence-electron chi connectivity index (χ3n) is 5.88. The Balaban J connectivity index is 2.05. The van der Waals surface area contributed by atoms with Crippen LogP contribution in [-0.2, 0) is 30.4 Å². The highest BCUT2D eigenvalue weighted by Gasteiger charge is 2.40. The van der Waals surface area contributed by atoms with E-state index >= 15 is 0 Å². The number of aromatic nitrogens is 2. The van der Waals surface area contributed by atoms with Gasteiger partial charge in [0.05, 0.1) is 65.4 Å². The molecule has 10 nitrogen and oxygen atoms in total. The molecule has 12 heteroatoms. The first-order valence-electron chi connectivity index (χ1n) is 11.9. The topological polar surface area (TPSA) is 135 Å². The average molecular weight is 565 g/mol. The summed E-state index contributed by atoms with van der Waals surface area (Å²) in [6.07, 6.45) is 0. The third-order valence-corrected chi connectivity index (χ3v) is 6.72. The molecule has 0 saturated heterocycles. The Morgan fingerprint density at radius 1 is 1.18 bits per heavy atom. The number of hydrogen-bond donors (Lipinski definition) is 2. The molecule has 1 atom stereocenters. The van der Waals surface area contributed by atoms with Crippen molar-refractivity contribution in [3.05, 3.63) is 78.5 Å². The summed E-state index contributed by atoms with van der Waals surface area (Å²) < 4.78 is 17.6. The second-order valence-corrected chi connectivity index (χ2v) is 9.53. The molecule has 38 heavy (non-hydrogen) atoms. The minimum atomic E-state index is -0.948. The molecule has 1 aromatic heterocycles. The Morgan fingerprint density at radius 2 is 1.89 bits per heavy atom. The molecule has 1 aromatic carbocycles. The summed E-state index contributed by atoms with van der Waals surface area (Å²) in [5.74, 6) is -2.19. The van der Waals surface area contributed by atoms with E-state index in [1.165, 1.54) is 17.7 Å². The quantitative estimate of drug-likeness (QED) is 0.435. The van der Waals surface area contributed by atoms with E-state index in [2.05, 4.69) is 10.3 Å². The van der Waals surface area contributed by atoms with Gasteiger partial charge in [-0.05, 0) is 39.3 Å². The van der Waals surface area contributed by atoms with E-state index in [9.17, 15) is 14.4 Å². The number of nitrogens with two attached hydrogens (primary N) is 1. The van der Waals surface area contributed by atoms with Gasteiger partial charge in [-0.1, -0.05) is 35.3 Å². The monoisotopic (exact) mass is 564 g/mol. The van der Waals surface area contributed by atoms with E-state index in [1.54, 1.807) is 32.0 Å². The van der Waals surface area contributed by atoms with Crippen LogP contribution in [0.1, 0.15) is 50.9 Å². The van der Waals surface area contributed by atoms with Gasteiger partial charge in [0.25, 0.3) is 5.56 Å². The van der Waals surface area contributed by atoms with Gasteiger partial charge in [-0.3, -0.25) is 9.36 Å². The fourth-order valence-electron chi connectivity index (χ4n) is 4.30. The first-order chi connectivity index (χ1) is 18.0. The van der Waals surface area contributed by atoms with Crippen LogP contribution in [0.2, 0.25) is 10.0 Å². The molecule has 0 radical (unpaired) electrons. The number of esters is 2. The fourth-order valence-corrected chi connectivity index (χ4v) is 4.72. The summed E-state index contributed by atoms with van der Waals surface area (Å²) in [5, 5.41) is 3.52. The molecule has 2 aromatic rings. The summed E-state index contributed by atoms with van der Waals surface area (Å²) >= 11 is 12.8. The van der Waals surface area contributed by atoms with E-state index in [0.717, 1.165) is 0 Å². The molecule has 0 saturated carbocycles. The molecule has 0 aliphatic carbocycles. The van der Waals surface area contributed by atoms with E-state index in [0.29, 0.717) is 22.7 Å². The van der Waals surface area contributed by atoms with Crippen molar-refractivity contribution in [2.45, 2.75) is 46.3 Å². The van der Waals surface area contributed by atoms with Crippen LogP contribution in [0.3, 0.4) is 0 Å². The van der Waals surface area contributed by atoms with Gasteiger partial charge >= 0.3 is 11.9 Å². The number of anilines is 1.